The Kier molecular flexibility index (Phi) is 6.50. The summed E-state index contributed by atoms with van der Waals surface area (Å²) >= 11 is 1.37. The maximum absolute atomic E-state index is 12.2. The Morgan fingerprint density at radius 3 is 2.34 bits per heavy atom. The van der Waals surface area contributed by atoms with Crippen molar-refractivity contribution in [1.29, 1.82) is 0 Å². The highest BCUT2D eigenvalue weighted by Gasteiger charge is 2.10. The van der Waals surface area contributed by atoms with Gasteiger partial charge in [-0.1, -0.05) is 0 Å². The van der Waals surface area contributed by atoms with Gasteiger partial charge in [0.25, 0.3) is 0 Å². The van der Waals surface area contributed by atoms with Crippen LogP contribution in [-0.2, 0) is 21.1 Å². The molecule has 0 spiro atoms. The Balaban J connectivity index is 1.56. The molecule has 2 aromatic carbocycles. The molecule has 0 radical (unpaired) electrons. The SMILES string of the molecule is CCOc1ccc(NC(=O)Cc2csc(Nc3ccc(S(C)(=O)=O)cc3)n2)cc1. The quantitative estimate of drug-likeness (QED) is 0.562. The molecule has 1 amide bonds. The molecule has 0 saturated carbocycles. The molecule has 0 aliphatic rings. The van der Waals surface area contributed by atoms with Gasteiger partial charge in [0, 0.05) is 23.0 Å². The minimum absolute atomic E-state index is 0.151. The third-order valence-corrected chi connectivity index (χ3v) is 5.81. The van der Waals surface area contributed by atoms with Crippen molar-refractivity contribution in [3.8, 4) is 5.75 Å². The van der Waals surface area contributed by atoms with E-state index in [-0.39, 0.29) is 17.2 Å². The first-order valence-corrected chi connectivity index (χ1v) is 11.6. The molecule has 29 heavy (non-hydrogen) atoms. The van der Waals surface area contributed by atoms with Crippen molar-refractivity contribution in [2.45, 2.75) is 18.2 Å². The van der Waals surface area contributed by atoms with Gasteiger partial charge in [-0.25, -0.2) is 13.4 Å². The molecule has 152 valence electrons. The van der Waals surface area contributed by atoms with Gasteiger partial charge in [-0.2, -0.15) is 0 Å². The van der Waals surface area contributed by atoms with Crippen molar-refractivity contribution in [2.24, 2.45) is 0 Å². The largest absolute Gasteiger partial charge is 0.494 e. The minimum Gasteiger partial charge on any atom is -0.494 e. The number of amides is 1. The van der Waals surface area contributed by atoms with Crippen LogP contribution in [0, 0.1) is 0 Å². The van der Waals surface area contributed by atoms with Crippen LogP contribution in [0.1, 0.15) is 12.6 Å². The molecule has 0 aliphatic heterocycles. The summed E-state index contributed by atoms with van der Waals surface area (Å²) in [4.78, 5) is 16.9. The van der Waals surface area contributed by atoms with E-state index in [1.165, 1.54) is 29.7 Å². The number of carbonyl (C=O) groups is 1. The minimum atomic E-state index is -3.23. The standard InChI is InChI=1S/C20H21N3O4S2/c1-3-27-17-8-4-14(5-9-17)21-19(24)12-16-13-28-20(23-16)22-15-6-10-18(11-7-15)29(2,25)26/h4-11,13H,3,12H2,1-2H3,(H,21,24)(H,22,23). The van der Waals surface area contributed by atoms with Crippen molar-refractivity contribution in [2.75, 3.05) is 23.5 Å². The number of nitrogens with one attached hydrogen (secondary N) is 2. The van der Waals surface area contributed by atoms with Crippen LogP contribution in [0.25, 0.3) is 0 Å². The van der Waals surface area contributed by atoms with Gasteiger partial charge < -0.3 is 15.4 Å². The summed E-state index contributed by atoms with van der Waals surface area (Å²) in [7, 11) is -3.23. The van der Waals surface area contributed by atoms with Crippen LogP contribution in [-0.4, -0.2) is 32.2 Å². The van der Waals surface area contributed by atoms with Crippen molar-refractivity contribution in [1.82, 2.24) is 4.98 Å². The summed E-state index contributed by atoms with van der Waals surface area (Å²) in [6, 6.07) is 13.6. The number of benzene rings is 2. The van der Waals surface area contributed by atoms with Gasteiger partial charge in [-0.05, 0) is 55.5 Å². The fourth-order valence-corrected chi connectivity index (χ4v) is 3.89. The summed E-state index contributed by atoms with van der Waals surface area (Å²) in [6.45, 7) is 2.51. The Morgan fingerprint density at radius 1 is 1.07 bits per heavy atom. The molecule has 3 aromatic rings. The van der Waals surface area contributed by atoms with E-state index in [1.54, 1.807) is 36.4 Å². The number of ether oxygens (including phenoxy) is 1. The Labute approximate surface area is 173 Å². The molecule has 1 heterocycles. The molecule has 0 bridgehead atoms. The predicted molar refractivity (Wildman–Crippen MR) is 115 cm³/mol. The van der Waals surface area contributed by atoms with E-state index in [4.69, 9.17) is 4.74 Å². The van der Waals surface area contributed by atoms with Crippen LogP contribution >= 0.6 is 11.3 Å². The third kappa shape index (κ3) is 6.03. The molecule has 2 N–H and O–H groups in total. The van der Waals surface area contributed by atoms with Crippen molar-refractivity contribution < 1.29 is 17.9 Å². The van der Waals surface area contributed by atoms with Gasteiger partial charge in [0.15, 0.2) is 15.0 Å². The average molecular weight is 432 g/mol. The highest BCUT2D eigenvalue weighted by atomic mass is 32.2. The number of aromatic nitrogens is 1. The maximum Gasteiger partial charge on any atom is 0.230 e. The molecular formula is C20H21N3O4S2. The average Bonchev–Trinajstić information content (AvgIpc) is 3.10. The second-order valence-electron chi connectivity index (χ2n) is 6.25. The van der Waals surface area contributed by atoms with Crippen LogP contribution in [0.2, 0.25) is 0 Å². The number of rotatable bonds is 8. The lowest BCUT2D eigenvalue weighted by atomic mass is 10.2. The molecule has 0 unspecified atom stereocenters. The summed E-state index contributed by atoms with van der Waals surface area (Å²) < 4.78 is 28.4. The van der Waals surface area contributed by atoms with E-state index < -0.39 is 9.84 Å². The summed E-state index contributed by atoms with van der Waals surface area (Å²) in [6.07, 6.45) is 1.32. The zero-order valence-corrected chi connectivity index (χ0v) is 17.6. The van der Waals surface area contributed by atoms with E-state index in [0.29, 0.717) is 23.1 Å². The number of hydrogen-bond acceptors (Lipinski definition) is 7. The van der Waals surface area contributed by atoms with Crippen molar-refractivity contribution in [3.63, 3.8) is 0 Å². The first-order valence-electron chi connectivity index (χ1n) is 8.88. The van der Waals surface area contributed by atoms with Gasteiger partial charge in [-0.15, -0.1) is 11.3 Å². The molecule has 0 aliphatic carbocycles. The maximum atomic E-state index is 12.2. The fourth-order valence-electron chi connectivity index (χ4n) is 2.53. The molecular weight excluding hydrogens is 410 g/mol. The Hall–Kier alpha value is -2.91. The van der Waals surface area contributed by atoms with Crippen LogP contribution in [0.3, 0.4) is 0 Å². The highest BCUT2D eigenvalue weighted by Crippen LogP contribution is 2.23. The molecule has 3 rings (SSSR count). The first kappa shape index (κ1) is 20.8. The van der Waals surface area contributed by atoms with E-state index in [0.717, 1.165) is 11.4 Å². The van der Waals surface area contributed by atoms with Gasteiger partial charge in [0.2, 0.25) is 5.91 Å². The zero-order chi connectivity index (χ0) is 20.9. The predicted octanol–water partition coefficient (Wildman–Crippen LogP) is 3.87. The molecule has 0 saturated heterocycles. The number of carbonyl (C=O) groups excluding carboxylic acids is 1. The number of sulfone groups is 1. The third-order valence-electron chi connectivity index (χ3n) is 3.88. The number of anilines is 3. The van der Waals surface area contributed by atoms with Crippen LogP contribution in [0.15, 0.2) is 58.8 Å². The van der Waals surface area contributed by atoms with Crippen molar-refractivity contribution in [3.05, 3.63) is 59.6 Å². The Bertz CT molecular complexity index is 1080. The van der Waals surface area contributed by atoms with Gasteiger partial charge >= 0.3 is 0 Å². The summed E-state index contributed by atoms with van der Waals surface area (Å²) in [5.41, 5.74) is 2.06. The van der Waals surface area contributed by atoms with E-state index in [9.17, 15) is 13.2 Å². The van der Waals surface area contributed by atoms with Crippen LogP contribution in [0.4, 0.5) is 16.5 Å². The molecule has 0 fully saturated rings. The highest BCUT2D eigenvalue weighted by molar-refractivity contribution is 7.90. The second kappa shape index (κ2) is 9.06. The topological polar surface area (TPSA) is 97.4 Å². The monoisotopic (exact) mass is 431 g/mol. The van der Waals surface area contributed by atoms with Gasteiger partial charge in [0.1, 0.15) is 5.75 Å². The summed E-state index contributed by atoms with van der Waals surface area (Å²) in [5, 5.41) is 8.38. The normalized spacial score (nSPS) is 11.1. The second-order valence-corrected chi connectivity index (χ2v) is 9.12. The van der Waals surface area contributed by atoms with Gasteiger partial charge in [0.05, 0.1) is 23.6 Å². The van der Waals surface area contributed by atoms with Gasteiger partial charge in [-0.3, -0.25) is 4.79 Å². The zero-order valence-electron chi connectivity index (χ0n) is 16.0. The number of nitrogens with zero attached hydrogens (tertiary/aromatic N) is 1. The molecule has 9 heteroatoms. The first-order chi connectivity index (χ1) is 13.8. The molecule has 1 aromatic heterocycles. The Morgan fingerprint density at radius 2 is 1.72 bits per heavy atom. The molecule has 0 atom stereocenters. The molecule has 7 nitrogen and oxygen atoms in total. The summed E-state index contributed by atoms with van der Waals surface area (Å²) in [5.74, 6) is 0.591. The fraction of sp³-hybridized carbons (Fsp3) is 0.200. The lowest BCUT2D eigenvalue weighted by Gasteiger charge is -2.06. The van der Waals surface area contributed by atoms with Crippen LogP contribution in [0.5, 0.6) is 5.75 Å². The number of hydrogen-bond donors (Lipinski definition) is 2. The number of thiazole rings is 1. The van der Waals surface area contributed by atoms with E-state index in [1.807, 2.05) is 12.3 Å². The lowest BCUT2D eigenvalue weighted by Crippen LogP contribution is -2.14. The lowest BCUT2D eigenvalue weighted by molar-refractivity contribution is -0.115. The van der Waals surface area contributed by atoms with Crippen LogP contribution < -0.4 is 15.4 Å². The van der Waals surface area contributed by atoms with E-state index >= 15 is 0 Å². The van der Waals surface area contributed by atoms with E-state index in [2.05, 4.69) is 15.6 Å². The smallest absolute Gasteiger partial charge is 0.230 e. The van der Waals surface area contributed by atoms with Crippen molar-refractivity contribution >= 4 is 43.6 Å².